The van der Waals surface area contributed by atoms with Crippen LogP contribution in [0.25, 0.3) is 0 Å². The van der Waals surface area contributed by atoms with E-state index in [1.807, 2.05) is 24.3 Å². The van der Waals surface area contributed by atoms with Gasteiger partial charge in [0.05, 0.1) is 11.2 Å². The minimum absolute atomic E-state index is 0.357. The lowest BCUT2D eigenvalue weighted by atomic mass is 10.0. The molecule has 3 rings (SSSR count). The van der Waals surface area contributed by atoms with Crippen LogP contribution >= 0.6 is 11.8 Å². The first-order valence-corrected chi connectivity index (χ1v) is 9.88. The van der Waals surface area contributed by atoms with Gasteiger partial charge >= 0.3 is 0 Å². The molecule has 2 aliphatic rings. The minimum atomic E-state index is -3.53. The predicted molar refractivity (Wildman–Crippen MR) is 83.8 cm³/mol. The molecular formula is C15H19NO3S2. The van der Waals surface area contributed by atoms with Crippen molar-refractivity contribution in [2.45, 2.75) is 48.2 Å². The number of rotatable bonds is 3. The third-order valence-electron chi connectivity index (χ3n) is 4.25. The largest absolute Gasteiger partial charge is 0.273 e. The molecule has 1 aliphatic heterocycles. The molecule has 1 fully saturated rings. The van der Waals surface area contributed by atoms with E-state index < -0.39 is 15.3 Å². The van der Waals surface area contributed by atoms with E-state index in [9.17, 15) is 13.2 Å². The number of amides is 1. The number of fused-ring (bicyclic) bond motifs is 1. The maximum absolute atomic E-state index is 12.4. The Bertz CT molecular complexity index is 636. The molecule has 21 heavy (non-hydrogen) atoms. The van der Waals surface area contributed by atoms with E-state index >= 15 is 0 Å². The fourth-order valence-corrected chi connectivity index (χ4v) is 5.82. The molecule has 4 nitrogen and oxygen atoms in total. The van der Waals surface area contributed by atoms with Crippen LogP contribution in [-0.4, -0.2) is 25.3 Å². The van der Waals surface area contributed by atoms with Crippen molar-refractivity contribution in [1.82, 2.24) is 4.72 Å². The molecule has 1 aliphatic carbocycles. The highest BCUT2D eigenvalue weighted by Gasteiger charge is 2.34. The van der Waals surface area contributed by atoms with E-state index in [0.29, 0.717) is 18.6 Å². The highest BCUT2D eigenvalue weighted by molar-refractivity contribution is 7.99. The summed E-state index contributed by atoms with van der Waals surface area (Å²) in [6, 6.07) is 7.71. The van der Waals surface area contributed by atoms with Crippen molar-refractivity contribution in [2.75, 3.05) is 5.75 Å². The van der Waals surface area contributed by atoms with Crippen LogP contribution in [0.3, 0.4) is 0 Å². The maximum Gasteiger partial charge on any atom is 0.241 e. The summed E-state index contributed by atoms with van der Waals surface area (Å²) < 4.78 is 27.0. The Hall–Kier alpha value is -1.01. The minimum Gasteiger partial charge on any atom is -0.273 e. The van der Waals surface area contributed by atoms with Crippen molar-refractivity contribution in [3.8, 4) is 0 Å². The average Bonchev–Trinajstić information content (AvgIpc) is 2.92. The fourth-order valence-electron chi connectivity index (χ4n) is 3.05. The van der Waals surface area contributed by atoms with Crippen molar-refractivity contribution in [3.63, 3.8) is 0 Å². The first-order valence-electron chi connectivity index (χ1n) is 7.35. The molecule has 0 bridgehead atoms. The van der Waals surface area contributed by atoms with Crippen LogP contribution in [0.1, 0.15) is 43.6 Å². The van der Waals surface area contributed by atoms with Gasteiger partial charge in [-0.25, -0.2) is 8.42 Å². The molecule has 0 radical (unpaired) electrons. The monoisotopic (exact) mass is 325 g/mol. The molecule has 1 saturated carbocycles. The summed E-state index contributed by atoms with van der Waals surface area (Å²) in [5, 5.41) is -0.403. The molecule has 0 aromatic heterocycles. The Balaban J connectivity index is 1.72. The maximum atomic E-state index is 12.4. The second-order valence-corrected chi connectivity index (χ2v) is 8.70. The Labute approximate surface area is 129 Å². The summed E-state index contributed by atoms with van der Waals surface area (Å²) in [5.74, 6) is -0.117. The zero-order chi connectivity index (χ0) is 14.9. The summed E-state index contributed by atoms with van der Waals surface area (Å²) in [6.07, 6.45) is 4.29. The number of nitrogens with one attached hydrogen (secondary N) is 1. The SMILES string of the molecule is O=C(NS(=O)(=O)C1CCCCC1)[C@H]1CSc2ccccc21. The number of carbonyl (C=O) groups excluding carboxylic acids is 1. The van der Waals surface area contributed by atoms with Crippen LogP contribution in [-0.2, 0) is 14.8 Å². The molecule has 1 heterocycles. The lowest BCUT2D eigenvalue weighted by molar-refractivity contribution is -0.120. The van der Waals surface area contributed by atoms with Gasteiger partial charge < -0.3 is 0 Å². The van der Waals surface area contributed by atoms with E-state index in [1.165, 1.54) is 0 Å². The molecule has 0 spiro atoms. The second-order valence-electron chi connectivity index (χ2n) is 5.67. The van der Waals surface area contributed by atoms with Crippen LogP contribution in [0.2, 0.25) is 0 Å². The van der Waals surface area contributed by atoms with Crippen molar-refractivity contribution < 1.29 is 13.2 Å². The molecule has 1 amide bonds. The number of thioether (sulfide) groups is 1. The number of hydrogen-bond donors (Lipinski definition) is 1. The summed E-state index contributed by atoms with van der Waals surface area (Å²) >= 11 is 1.61. The molecular weight excluding hydrogens is 306 g/mol. The number of benzene rings is 1. The Morgan fingerprint density at radius 2 is 1.86 bits per heavy atom. The van der Waals surface area contributed by atoms with Crippen molar-refractivity contribution in [1.29, 1.82) is 0 Å². The van der Waals surface area contributed by atoms with Crippen LogP contribution < -0.4 is 4.72 Å². The van der Waals surface area contributed by atoms with Gasteiger partial charge in [0.15, 0.2) is 0 Å². The van der Waals surface area contributed by atoms with Gasteiger partial charge in [-0.1, -0.05) is 37.5 Å². The standard InChI is InChI=1S/C15H19NO3S2/c17-15(13-10-20-14-9-5-4-8-12(13)14)16-21(18,19)11-6-2-1-3-7-11/h4-5,8-9,11,13H,1-3,6-7,10H2,(H,16,17)/t13-/m0/s1. The average molecular weight is 325 g/mol. The van der Waals surface area contributed by atoms with E-state index in [2.05, 4.69) is 4.72 Å². The van der Waals surface area contributed by atoms with Gasteiger partial charge in [0.2, 0.25) is 15.9 Å². The van der Waals surface area contributed by atoms with Crippen LogP contribution in [0, 0.1) is 0 Å². The Morgan fingerprint density at radius 1 is 1.14 bits per heavy atom. The second kappa shape index (κ2) is 6.01. The van der Waals surface area contributed by atoms with Gasteiger partial charge in [-0.15, -0.1) is 11.8 Å². The normalized spacial score (nSPS) is 22.8. The van der Waals surface area contributed by atoms with Gasteiger partial charge in [0, 0.05) is 10.6 Å². The van der Waals surface area contributed by atoms with Gasteiger partial charge in [0.25, 0.3) is 0 Å². The lowest BCUT2D eigenvalue weighted by Gasteiger charge is -2.22. The number of carbonyl (C=O) groups is 1. The molecule has 114 valence electrons. The first kappa shape index (κ1) is 14.9. The van der Waals surface area contributed by atoms with E-state index in [-0.39, 0.29) is 11.8 Å². The Kier molecular flexibility index (Phi) is 4.26. The zero-order valence-corrected chi connectivity index (χ0v) is 13.4. The van der Waals surface area contributed by atoms with E-state index in [0.717, 1.165) is 29.7 Å². The Morgan fingerprint density at radius 3 is 2.62 bits per heavy atom. The molecule has 1 aromatic carbocycles. The zero-order valence-electron chi connectivity index (χ0n) is 11.7. The molecule has 6 heteroatoms. The number of hydrogen-bond acceptors (Lipinski definition) is 4. The molecule has 1 N–H and O–H groups in total. The molecule has 0 saturated heterocycles. The van der Waals surface area contributed by atoms with Gasteiger partial charge in [-0.05, 0) is 24.5 Å². The lowest BCUT2D eigenvalue weighted by Crippen LogP contribution is -2.41. The molecule has 1 aromatic rings. The van der Waals surface area contributed by atoms with Crippen molar-refractivity contribution in [2.24, 2.45) is 0 Å². The van der Waals surface area contributed by atoms with Gasteiger partial charge in [0.1, 0.15) is 0 Å². The van der Waals surface area contributed by atoms with Crippen LogP contribution in [0.4, 0.5) is 0 Å². The summed E-state index contributed by atoms with van der Waals surface area (Å²) in [6.45, 7) is 0. The van der Waals surface area contributed by atoms with E-state index in [1.54, 1.807) is 11.8 Å². The van der Waals surface area contributed by atoms with Gasteiger partial charge in [-0.2, -0.15) is 0 Å². The summed E-state index contributed by atoms with van der Waals surface area (Å²) in [7, 11) is -3.53. The number of sulfonamides is 1. The third-order valence-corrected chi connectivity index (χ3v) is 7.27. The highest BCUT2D eigenvalue weighted by Crippen LogP contribution is 2.39. The third kappa shape index (κ3) is 3.11. The van der Waals surface area contributed by atoms with Crippen molar-refractivity contribution in [3.05, 3.63) is 29.8 Å². The van der Waals surface area contributed by atoms with Crippen LogP contribution in [0.5, 0.6) is 0 Å². The summed E-state index contributed by atoms with van der Waals surface area (Å²) in [4.78, 5) is 13.4. The van der Waals surface area contributed by atoms with Crippen LogP contribution in [0.15, 0.2) is 29.2 Å². The molecule has 0 unspecified atom stereocenters. The first-order chi connectivity index (χ1) is 10.1. The highest BCUT2D eigenvalue weighted by atomic mass is 32.2. The molecule has 1 atom stereocenters. The van der Waals surface area contributed by atoms with Gasteiger partial charge in [-0.3, -0.25) is 9.52 Å². The fraction of sp³-hybridized carbons (Fsp3) is 0.533. The quantitative estimate of drug-likeness (QED) is 0.928. The van der Waals surface area contributed by atoms with Crippen molar-refractivity contribution >= 4 is 27.7 Å². The smallest absolute Gasteiger partial charge is 0.241 e. The summed E-state index contributed by atoms with van der Waals surface area (Å²) in [5.41, 5.74) is 0.943. The predicted octanol–water partition coefficient (Wildman–Crippen LogP) is 2.65. The van der Waals surface area contributed by atoms with E-state index in [4.69, 9.17) is 0 Å². The topological polar surface area (TPSA) is 63.2 Å².